The zero-order valence-electron chi connectivity index (χ0n) is 21.3. The highest BCUT2D eigenvalue weighted by molar-refractivity contribution is 14.1. The lowest BCUT2D eigenvalue weighted by Gasteiger charge is -2.24. The van der Waals surface area contributed by atoms with Gasteiger partial charge in [-0.3, -0.25) is 0 Å². The predicted molar refractivity (Wildman–Crippen MR) is 146 cm³/mol. The van der Waals surface area contributed by atoms with Gasteiger partial charge < -0.3 is 4.90 Å². The zero-order valence-corrected chi connectivity index (χ0v) is 23.4. The van der Waals surface area contributed by atoms with Crippen molar-refractivity contribution in [2.24, 2.45) is 11.8 Å². The highest BCUT2D eigenvalue weighted by atomic mass is 127. The first-order valence-corrected chi connectivity index (χ1v) is 15.1. The summed E-state index contributed by atoms with van der Waals surface area (Å²) in [7, 11) is 4.57. The maximum atomic E-state index is 2.79. The number of rotatable bonds is 22. The fraction of sp³-hybridized carbons (Fsp3) is 1.00. The monoisotopic (exact) mass is 533 g/mol. The topological polar surface area (TPSA) is 3.24 Å². The Hall–Kier alpha value is 0.690. The number of unbranched alkanes of at least 4 members (excludes halogenated alkanes) is 12. The SMILES string of the molecule is CCCCCCCC[C@@H]1C[C@@H]1C(I)CCCCCCC(CCCCCCC)N(C)C. The second-order valence-corrected chi connectivity index (χ2v) is 12.1. The maximum Gasteiger partial charge on any atom is 0.0141 e. The second-order valence-electron chi connectivity index (χ2n) is 10.5. The minimum Gasteiger partial charge on any atom is -0.306 e. The van der Waals surface area contributed by atoms with E-state index in [9.17, 15) is 0 Å². The van der Waals surface area contributed by atoms with Crippen molar-refractivity contribution in [1.82, 2.24) is 4.90 Å². The van der Waals surface area contributed by atoms with Crippen molar-refractivity contribution in [3.8, 4) is 0 Å². The first-order chi connectivity index (χ1) is 14.6. The van der Waals surface area contributed by atoms with Gasteiger partial charge in [0, 0.05) is 9.97 Å². The van der Waals surface area contributed by atoms with Crippen molar-refractivity contribution in [2.45, 2.75) is 152 Å². The average molecular weight is 534 g/mol. The Kier molecular flexibility index (Phi) is 18.4. The van der Waals surface area contributed by atoms with Gasteiger partial charge in [-0.1, -0.05) is 139 Å². The molecule has 4 atom stereocenters. The summed E-state index contributed by atoms with van der Waals surface area (Å²) in [4.78, 5) is 2.48. The lowest BCUT2D eigenvalue weighted by molar-refractivity contribution is 0.251. The van der Waals surface area contributed by atoms with E-state index < -0.39 is 0 Å². The first kappa shape index (κ1) is 28.7. The third kappa shape index (κ3) is 14.7. The summed E-state index contributed by atoms with van der Waals surface area (Å²) in [6, 6.07) is 0.818. The number of nitrogens with zero attached hydrogens (tertiary/aromatic N) is 1. The fourth-order valence-corrected chi connectivity index (χ4v) is 6.49. The van der Waals surface area contributed by atoms with Crippen LogP contribution in [0.1, 0.15) is 142 Å². The average Bonchev–Trinajstić information content (AvgIpc) is 3.50. The molecular weight excluding hydrogens is 477 g/mol. The Labute approximate surface area is 205 Å². The van der Waals surface area contributed by atoms with E-state index in [0.29, 0.717) is 0 Å². The van der Waals surface area contributed by atoms with E-state index in [4.69, 9.17) is 0 Å². The highest BCUT2D eigenvalue weighted by Gasteiger charge is 2.40. The Bertz CT molecular complexity index is 370. The van der Waals surface area contributed by atoms with E-state index in [2.05, 4.69) is 55.4 Å². The molecule has 0 aromatic rings. The molecule has 180 valence electrons. The van der Waals surface area contributed by atoms with Crippen LogP contribution >= 0.6 is 22.6 Å². The molecule has 1 rings (SSSR count). The van der Waals surface area contributed by atoms with Gasteiger partial charge in [0.15, 0.2) is 0 Å². The van der Waals surface area contributed by atoms with Crippen LogP contribution in [0.4, 0.5) is 0 Å². The largest absolute Gasteiger partial charge is 0.306 e. The van der Waals surface area contributed by atoms with Crippen molar-refractivity contribution in [1.29, 1.82) is 0 Å². The molecule has 0 spiro atoms. The molecule has 2 heteroatoms. The van der Waals surface area contributed by atoms with E-state index in [1.54, 1.807) is 6.42 Å². The van der Waals surface area contributed by atoms with Gasteiger partial charge in [-0.25, -0.2) is 0 Å². The zero-order chi connectivity index (χ0) is 22.0. The molecule has 0 amide bonds. The molecule has 2 unspecified atom stereocenters. The van der Waals surface area contributed by atoms with Crippen LogP contribution in [-0.4, -0.2) is 29.0 Å². The van der Waals surface area contributed by atoms with Crippen molar-refractivity contribution < 1.29 is 0 Å². The molecule has 0 saturated heterocycles. The Morgan fingerprint density at radius 3 is 1.67 bits per heavy atom. The van der Waals surface area contributed by atoms with Crippen LogP contribution in [0.15, 0.2) is 0 Å². The van der Waals surface area contributed by atoms with Gasteiger partial charge in [0.1, 0.15) is 0 Å². The fourth-order valence-electron chi connectivity index (χ4n) is 5.16. The molecule has 0 aromatic carbocycles. The summed E-state index contributed by atoms with van der Waals surface area (Å²) in [5.41, 5.74) is 0. The van der Waals surface area contributed by atoms with Crippen molar-refractivity contribution in [3.05, 3.63) is 0 Å². The van der Waals surface area contributed by atoms with E-state index in [1.165, 1.54) is 122 Å². The van der Waals surface area contributed by atoms with Gasteiger partial charge in [0.2, 0.25) is 0 Å². The number of hydrogen-bond donors (Lipinski definition) is 0. The van der Waals surface area contributed by atoms with Gasteiger partial charge in [-0.15, -0.1) is 0 Å². The molecule has 0 heterocycles. The van der Waals surface area contributed by atoms with Crippen LogP contribution in [0.2, 0.25) is 0 Å². The second kappa shape index (κ2) is 19.2. The molecule has 0 bridgehead atoms. The summed E-state index contributed by atoms with van der Waals surface area (Å²) in [6.45, 7) is 4.62. The lowest BCUT2D eigenvalue weighted by atomic mass is 9.99. The standard InChI is InChI=1S/C28H56IN/c1-5-7-9-11-13-16-20-25-24-27(25)28(29)23-19-15-14-18-22-26(30(3)4)21-17-12-10-8-6-2/h25-28H,5-24H2,1-4H3/t25-,26?,27+,28?/m1/s1. The van der Waals surface area contributed by atoms with Gasteiger partial charge in [-0.2, -0.15) is 0 Å². The Morgan fingerprint density at radius 2 is 1.13 bits per heavy atom. The summed E-state index contributed by atoms with van der Waals surface area (Å²) < 4.78 is 0.963. The summed E-state index contributed by atoms with van der Waals surface area (Å²) >= 11 is 2.79. The quantitative estimate of drug-likeness (QED) is 0.0760. The summed E-state index contributed by atoms with van der Waals surface area (Å²) in [6.07, 6.45) is 29.0. The molecule has 1 fully saturated rings. The number of alkyl halides is 1. The Balaban J connectivity index is 1.96. The van der Waals surface area contributed by atoms with Gasteiger partial charge >= 0.3 is 0 Å². The molecule has 1 saturated carbocycles. The molecule has 0 aromatic heterocycles. The molecule has 30 heavy (non-hydrogen) atoms. The highest BCUT2D eigenvalue weighted by Crippen LogP contribution is 2.48. The molecular formula is C28H56IN. The number of hydrogen-bond acceptors (Lipinski definition) is 1. The summed E-state index contributed by atoms with van der Waals surface area (Å²) in [5.74, 6) is 2.17. The predicted octanol–water partition coefficient (Wildman–Crippen LogP) is 9.81. The molecule has 1 aliphatic carbocycles. The van der Waals surface area contributed by atoms with Crippen LogP contribution in [0.25, 0.3) is 0 Å². The van der Waals surface area contributed by atoms with E-state index in [1.807, 2.05) is 0 Å². The molecule has 1 aliphatic rings. The van der Waals surface area contributed by atoms with E-state index >= 15 is 0 Å². The third-order valence-corrected chi connectivity index (χ3v) is 9.06. The van der Waals surface area contributed by atoms with Crippen LogP contribution in [0.5, 0.6) is 0 Å². The molecule has 0 radical (unpaired) electrons. The van der Waals surface area contributed by atoms with Crippen LogP contribution in [0.3, 0.4) is 0 Å². The Morgan fingerprint density at radius 1 is 0.667 bits per heavy atom. The minimum absolute atomic E-state index is 0.818. The van der Waals surface area contributed by atoms with Crippen LogP contribution in [-0.2, 0) is 0 Å². The third-order valence-electron chi connectivity index (χ3n) is 7.51. The summed E-state index contributed by atoms with van der Waals surface area (Å²) in [5, 5.41) is 0. The van der Waals surface area contributed by atoms with Crippen molar-refractivity contribution >= 4 is 22.6 Å². The molecule has 0 N–H and O–H groups in total. The lowest BCUT2D eigenvalue weighted by Crippen LogP contribution is -2.27. The van der Waals surface area contributed by atoms with Crippen LogP contribution in [0, 0.1) is 11.8 Å². The van der Waals surface area contributed by atoms with Crippen molar-refractivity contribution in [3.63, 3.8) is 0 Å². The number of halogens is 1. The maximum absolute atomic E-state index is 2.79. The van der Waals surface area contributed by atoms with Gasteiger partial charge in [0.25, 0.3) is 0 Å². The van der Waals surface area contributed by atoms with Crippen LogP contribution < -0.4 is 0 Å². The first-order valence-electron chi connectivity index (χ1n) is 13.9. The molecule has 0 aliphatic heterocycles. The smallest absolute Gasteiger partial charge is 0.0141 e. The normalized spacial score (nSPS) is 20.6. The van der Waals surface area contributed by atoms with E-state index in [-0.39, 0.29) is 0 Å². The van der Waals surface area contributed by atoms with E-state index in [0.717, 1.165) is 21.8 Å². The molecule has 1 nitrogen and oxygen atoms in total. The minimum atomic E-state index is 0.818. The van der Waals surface area contributed by atoms with Gasteiger partial charge in [0.05, 0.1) is 0 Å². The van der Waals surface area contributed by atoms with Gasteiger partial charge in [-0.05, 0) is 51.6 Å². The van der Waals surface area contributed by atoms with Crippen molar-refractivity contribution in [2.75, 3.05) is 14.1 Å².